The van der Waals surface area contributed by atoms with Crippen LogP contribution >= 0.6 is 0 Å². The summed E-state index contributed by atoms with van der Waals surface area (Å²) in [4.78, 5) is 29.3. The second-order valence-electron chi connectivity index (χ2n) is 6.39. The van der Waals surface area contributed by atoms with Gasteiger partial charge in [0.1, 0.15) is 12.4 Å². The number of benzene rings is 2. The molecule has 6 nitrogen and oxygen atoms in total. The maximum absolute atomic E-state index is 12.7. The van der Waals surface area contributed by atoms with Gasteiger partial charge < -0.3 is 15.2 Å². The van der Waals surface area contributed by atoms with Gasteiger partial charge in [0, 0.05) is 24.2 Å². The fourth-order valence-corrected chi connectivity index (χ4v) is 3.07. The predicted molar refractivity (Wildman–Crippen MR) is 107 cm³/mol. The van der Waals surface area contributed by atoms with E-state index >= 15 is 0 Å². The summed E-state index contributed by atoms with van der Waals surface area (Å²) in [6, 6.07) is 13.1. The number of carbonyl (C=O) groups is 2. The van der Waals surface area contributed by atoms with Crippen molar-refractivity contribution in [2.24, 2.45) is 0 Å². The van der Waals surface area contributed by atoms with E-state index in [4.69, 9.17) is 0 Å². The van der Waals surface area contributed by atoms with Gasteiger partial charge in [-0.3, -0.25) is 9.59 Å². The van der Waals surface area contributed by atoms with Crippen molar-refractivity contribution in [2.45, 2.75) is 33.7 Å². The number of amides is 2. The number of nitrogens with one attached hydrogen (secondary N) is 2. The van der Waals surface area contributed by atoms with E-state index in [1.807, 2.05) is 55.7 Å². The molecule has 0 unspecified atom stereocenters. The van der Waals surface area contributed by atoms with Crippen molar-refractivity contribution in [1.82, 2.24) is 14.9 Å². The van der Waals surface area contributed by atoms with Gasteiger partial charge in [-0.05, 0) is 43.7 Å². The van der Waals surface area contributed by atoms with E-state index in [-0.39, 0.29) is 18.4 Å². The molecule has 0 saturated carbocycles. The van der Waals surface area contributed by atoms with Gasteiger partial charge in [-0.15, -0.1) is 0 Å². The Morgan fingerprint density at radius 2 is 1.89 bits per heavy atom. The topological polar surface area (TPSA) is 76.0 Å². The molecule has 2 aromatic carbocycles. The van der Waals surface area contributed by atoms with Gasteiger partial charge in [-0.2, -0.15) is 0 Å². The Kier molecular flexibility index (Phi) is 5.54. The summed E-state index contributed by atoms with van der Waals surface area (Å²) in [6.45, 7) is 6.53. The number of nitrogens with zero attached hydrogens (tertiary/aromatic N) is 2. The normalized spacial score (nSPS) is 10.8. The highest BCUT2D eigenvalue weighted by Gasteiger charge is 2.14. The predicted octanol–water partition coefficient (Wildman–Crippen LogP) is 3.30. The van der Waals surface area contributed by atoms with Crippen LogP contribution in [0.4, 0.5) is 5.69 Å². The first-order valence-corrected chi connectivity index (χ1v) is 9.16. The maximum Gasteiger partial charge on any atom is 0.251 e. The lowest BCUT2D eigenvalue weighted by Gasteiger charge is -2.12. The molecule has 2 amide bonds. The number of para-hydroxylation sites is 2. The Hall–Kier alpha value is -3.15. The number of hydrogen-bond donors (Lipinski definition) is 2. The van der Waals surface area contributed by atoms with Crippen LogP contribution in [0.5, 0.6) is 0 Å². The van der Waals surface area contributed by atoms with Crippen molar-refractivity contribution >= 4 is 28.5 Å². The minimum atomic E-state index is -0.151. The van der Waals surface area contributed by atoms with Crippen LogP contribution < -0.4 is 10.6 Å². The first-order chi connectivity index (χ1) is 13.0. The van der Waals surface area contributed by atoms with Crippen LogP contribution in [0.25, 0.3) is 11.0 Å². The molecule has 27 heavy (non-hydrogen) atoms. The van der Waals surface area contributed by atoms with E-state index in [1.54, 1.807) is 12.1 Å². The molecule has 0 radical (unpaired) electrons. The molecule has 2 N–H and O–H groups in total. The highest BCUT2D eigenvalue weighted by molar-refractivity contribution is 5.98. The van der Waals surface area contributed by atoms with Gasteiger partial charge >= 0.3 is 0 Å². The third-order valence-corrected chi connectivity index (χ3v) is 4.46. The molecule has 0 bridgehead atoms. The highest BCUT2D eigenvalue weighted by atomic mass is 16.2. The fourth-order valence-electron chi connectivity index (χ4n) is 3.07. The summed E-state index contributed by atoms with van der Waals surface area (Å²) in [7, 11) is 0. The minimum absolute atomic E-state index is 0.149. The van der Waals surface area contributed by atoms with Gasteiger partial charge in [-0.25, -0.2) is 4.98 Å². The lowest BCUT2D eigenvalue weighted by molar-refractivity contribution is -0.116. The number of aryl methyl sites for hydroxylation is 2. The Labute approximate surface area is 158 Å². The Morgan fingerprint density at radius 3 is 2.63 bits per heavy atom. The Bertz CT molecular complexity index is 991. The fraction of sp³-hybridized carbons (Fsp3) is 0.286. The van der Waals surface area contributed by atoms with Gasteiger partial charge in [0.25, 0.3) is 5.91 Å². The van der Waals surface area contributed by atoms with Crippen LogP contribution in [0.2, 0.25) is 0 Å². The third kappa shape index (κ3) is 4.00. The van der Waals surface area contributed by atoms with E-state index in [0.29, 0.717) is 17.8 Å². The van der Waals surface area contributed by atoms with Gasteiger partial charge in [0.2, 0.25) is 5.91 Å². The molecule has 0 aliphatic rings. The molecular weight excluding hydrogens is 340 g/mol. The molecule has 0 spiro atoms. The smallest absolute Gasteiger partial charge is 0.251 e. The second-order valence-corrected chi connectivity index (χ2v) is 6.39. The quantitative estimate of drug-likeness (QED) is 0.705. The number of anilines is 1. The lowest BCUT2D eigenvalue weighted by atomic mass is 10.1. The van der Waals surface area contributed by atoms with E-state index in [1.165, 1.54) is 0 Å². The molecule has 0 saturated heterocycles. The van der Waals surface area contributed by atoms with Crippen LogP contribution in [0.15, 0.2) is 42.5 Å². The number of carbonyl (C=O) groups excluding carboxylic acids is 2. The molecule has 0 fully saturated rings. The van der Waals surface area contributed by atoms with E-state index in [0.717, 1.165) is 28.8 Å². The molecule has 6 heteroatoms. The van der Waals surface area contributed by atoms with Gasteiger partial charge in [-0.1, -0.05) is 25.1 Å². The minimum Gasteiger partial charge on any atom is -0.352 e. The summed E-state index contributed by atoms with van der Waals surface area (Å²) >= 11 is 0. The SMILES string of the molecule is CCNC(=O)c1ccc(C)c(NC(=O)Cn2c(CC)nc3ccccc32)c1. The van der Waals surface area contributed by atoms with Crippen molar-refractivity contribution < 1.29 is 9.59 Å². The van der Waals surface area contributed by atoms with E-state index in [2.05, 4.69) is 15.6 Å². The van der Waals surface area contributed by atoms with Crippen LogP contribution in [-0.4, -0.2) is 27.9 Å². The Morgan fingerprint density at radius 1 is 1.11 bits per heavy atom. The molecule has 3 rings (SSSR count). The zero-order valence-electron chi connectivity index (χ0n) is 15.9. The van der Waals surface area contributed by atoms with Crippen molar-refractivity contribution in [3.63, 3.8) is 0 Å². The summed E-state index contributed by atoms with van der Waals surface area (Å²) in [6.07, 6.45) is 0.744. The summed E-state index contributed by atoms with van der Waals surface area (Å²) in [5.74, 6) is 0.574. The number of aromatic nitrogens is 2. The molecule has 0 aliphatic heterocycles. The van der Waals surface area contributed by atoms with E-state index in [9.17, 15) is 9.59 Å². The van der Waals surface area contributed by atoms with Crippen LogP contribution in [-0.2, 0) is 17.8 Å². The van der Waals surface area contributed by atoms with Crippen LogP contribution in [0.3, 0.4) is 0 Å². The van der Waals surface area contributed by atoms with Gasteiger partial charge in [0.15, 0.2) is 0 Å². The number of hydrogen-bond acceptors (Lipinski definition) is 3. The lowest BCUT2D eigenvalue weighted by Crippen LogP contribution is -2.24. The second kappa shape index (κ2) is 8.03. The number of rotatable bonds is 6. The first kappa shape index (κ1) is 18.6. The molecular formula is C21H24N4O2. The van der Waals surface area contributed by atoms with Crippen molar-refractivity contribution in [2.75, 3.05) is 11.9 Å². The van der Waals surface area contributed by atoms with E-state index < -0.39 is 0 Å². The molecule has 1 aromatic heterocycles. The highest BCUT2D eigenvalue weighted by Crippen LogP contribution is 2.19. The summed E-state index contributed by atoms with van der Waals surface area (Å²) in [5.41, 5.74) is 3.91. The number of fused-ring (bicyclic) bond motifs is 1. The molecule has 0 atom stereocenters. The van der Waals surface area contributed by atoms with Crippen LogP contribution in [0, 0.1) is 6.92 Å². The largest absolute Gasteiger partial charge is 0.352 e. The summed E-state index contributed by atoms with van der Waals surface area (Å²) in [5, 5.41) is 5.70. The molecule has 0 aliphatic carbocycles. The maximum atomic E-state index is 12.7. The van der Waals surface area contributed by atoms with Crippen molar-refractivity contribution in [3.05, 3.63) is 59.4 Å². The zero-order valence-corrected chi connectivity index (χ0v) is 15.9. The third-order valence-electron chi connectivity index (χ3n) is 4.46. The molecule has 140 valence electrons. The molecule has 1 heterocycles. The number of imidazole rings is 1. The average molecular weight is 364 g/mol. The first-order valence-electron chi connectivity index (χ1n) is 9.16. The van der Waals surface area contributed by atoms with Crippen molar-refractivity contribution in [3.8, 4) is 0 Å². The standard InChI is InChI=1S/C21H24N4O2/c1-4-19-23-16-8-6-7-9-18(16)25(19)13-20(26)24-17-12-15(11-10-14(17)3)21(27)22-5-2/h6-12H,4-5,13H2,1-3H3,(H,22,27)(H,24,26). The zero-order chi connectivity index (χ0) is 19.4. The average Bonchev–Trinajstić information content (AvgIpc) is 3.01. The van der Waals surface area contributed by atoms with Crippen molar-refractivity contribution in [1.29, 1.82) is 0 Å². The molecule has 3 aromatic rings. The Balaban J connectivity index is 1.83. The monoisotopic (exact) mass is 364 g/mol. The van der Waals surface area contributed by atoms with Gasteiger partial charge in [0.05, 0.1) is 11.0 Å². The van der Waals surface area contributed by atoms with Crippen LogP contribution in [0.1, 0.15) is 35.6 Å². The summed E-state index contributed by atoms with van der Waals surface area (Å²) < 4.78 is 1.94.